The van der Waals surface area contributed by atoms with Crippen molar-refractivity contribution >= 4 is 67.7 Å². The van der Waals surface area contributed by atoms with Crippen molar-refractivity contribution in [2.45, 2.75) is 0 Å². The zero-order valence-corrected chi connectivity index (χ0v) is 11.4. The first kappa shape index (κ1) is 11.3. The van der Waals surface area contributed by atoms with E-state index in [9.17, 15) is 4.79 Å². The fraction of sp³-hybridized carbons (Fsp3) is 0.125. The fourth-order valence-corrected chi connectivity index (χ4v) is 3.23. The fourth-order valence-electron chi connectivity index (χ4n) is 0.970. The van der Waals surface area contributed by atoms with Crippen molar-refractivity contribution in [3.63, 3.8) is 0 Å². The van der Waals surface area contributed by atoms with Crippen LogP contribution in [0.1, 0.15) is 4.88 Å². The van der Waals surface area contributed by atoms with Gasteiger partial charge < -0.3 is 0 Å². The molecule has 15 heavy (non-hydrogen) atoms. The van der Waals surface area contributed by atoms with Crippen molar-refractivity contribution in [1.29, 1.82) is 0 Å². The van der Waals surface area contributed by atoms with Crippen molar-refractivity contribution in [2.24, 2.45) is 5.10 Å². The van der Waals surface area contributed by atoms with E-state index in [1.807, 2.05) is 11.4 Å². The van der Waals surface area contributed by atoms with Gasteiger partial charge in [-0.25, -0.2) is 0 Å². The van der Waals surface area contributed by atoms with Crippen molar-refractivity contribution < 1.29 is 4.79 Å². The third-order valence-corrected chi connectivity index (χ3v) is 4.58. The monoisotopic (exact) mass is 320 g/mol. The van der Waals surface area contributed by atoms with Gasteiger partial charge in [0, 0.05) is 14.7 Å². The van der Waals surface area contributed by atoms with Gasteiger partial charge >= 0.3 is 0 Å². The first-order valence-corrected chi connectivity index (χ1v) is 7.01. The largest absolute Gasteiger partial charge is 0.272 e. The van der Waals surface area contributed by atoms with Gasteiger partial charge in [0.1, 0.15) is 0 Å². The maximum atomic E-state index is 11.3. The summed E-state index contributed by atoms with van der Waals surface area (Å²) in [5.41, 5.74) is 0. The Balaban J connectivity index is 2.11. The molecule has 1 aliphatic rings. The predicted molar refractivity (Wildman–Crippen MR) is 71.5 cm³/mol. The summed E-state index contributed by atoms with van der Waals surface area (Å²) >= 11 is 11.2. The number of rotatable bonds is 2. The summed E-state index contributed by atoms with van der Waals surface area (Å²) < 4.78 is 1.53. The lowest BCUT2D eigenvalue weighted by molar-refractivity contribution is -0.123. The van der Waals surface area contributed by atoms with Gasteiger partial charge in [-0.1, -0.05) is 24.0 Å². The van der Waals surface area contributed by atoms with Crippen molar-refractivity contribution in [2.75, 3.05) is 5.75 Å². The molecule has 0 aliphatic carbocycles. The van der Waals surface area contributed by atoms with E-state index in [2.05, 4.69) is 21.0 Å². The average Bonchev–Trinajstić information content (AvgIpc) is 2.73. The standard InChI is InChI=1S/C8H5BrN2OS3/c9-5-1-6(14-3-5)2-10-11-7(12)4-15-8(11)13/h1-3H,4H2. The summed E-state index contributed by atoms with van der Waals surface area (Å²) in [5, 5.41) is 7.29. The van der Waals surface area contributed by atoms with Crippen LogP contribution in [0, 0.1) is 0 Å². The Morgan fingerprint density at radius 1 is 1.67 bits per heavy atom. The molecule has 2 heterocycles. The first-order chi connectivity index (χ1) is 7.16. The molecular weight excluding hydrogens is 316 g/mol. The maximum absolute atomic E-state index is 11.3. The lowest BCUT2D eigenvalue weighted by atomic mass is 10.5. The molecule has 0 bridgehead atoms. The van der Waals surface area contributed by atoms with Gasteiger partial charge in [0.25, 0.3) is 5.91 Å². The van der Waals surface area contributed by atoms with Gasteiger partial charge in [-0.3, -0.25) is 4.79 Å². The van der Waals surface area contributed by atoms with E-state index >= 15 is 0 Å². The highest BCUT2D eigenvalue weighted by Crippen LogP contribution is 2.21. The minimum Gasteiger partial charge on any atom is -0.272 e. The van der Waals surface area contributed by atoms with E-state index in [-0.39, 0.29) is 5.91 Å². The Morgan fingerprint density at radius 3 is 3.00 bits per heavy atom. The first-order valence-electron chi connectivity index (χ1n) is 3.94. The summed E-state index contributed by atoms with van der Waals surface area (Å²) in [5.74, 6) is 0.335. The van der Waals surface area contributed by atoms with Crippen LogP contribution in [-0.2, 0) is 4.79 Å². The minimum atomic E-state index is -0.0585. The van der Waals surface area contributed by atoms with Crippen LogP contribution in [0.5, 0.6) is 0 Å². The second-order valence-electron chi connectivity index (χ2n) is 2.67. The van der Waals surface area contributed by atoms with E-state index < -0.39 is 0 Å². The van der Waals surface area contributed by atoms with Gasteiger partial charge in [0.2, 0.25) is 0 Å². The molecule has 0 saturated carbocycles. The Kier molecular flexibility index (Phi) is 3.55. The summed E-state index contributed by atoms with van der Waals surface area (Å²) in [6, 6.07) is 1.94. The van der Waals surface area contributed by atoms with Crippen LogP contribution in [0.2, 0.25) is 0 Å². The molecule has 0 radical (unpaired) electrons. The SMILES string of the molecule is O=C1CSC(=S)N1N=Cc1cc(Br)cs1. The number of carbonyl (C=O) groups is 1. The number of hydrogen-bond donors (Lipinski definition) is 0. The number of thioether (sulfide) groups is 1. The molecule has 78 valence electrons. The molecule has 1 amide bonds. The molecule has 1 aliphatic heterocycles. The van der Waals surface area contributed by atoms with E-state index in [1.54, 1.807) is 17.6 Å². The van der Waals surface area contributed by atoms with Crippen LogP contribution in [-0.4, -0.2) is 27.2 Å². The lowest BCUT2D eigenvalue weighted by Crippen LogP contribution is -2.22. The Hall–Kier alpha value is -0.240. The molecule has 2 rings (SSSR count). The molecular formula is C8H5BrN2OS3. The summed E-state index contributed by atoms with van der Waals surface area (Å²) in [6.07, 6.45) is 1.64. The quantitative estimate of drug-likeness (QED) is 0.620. The number of thiocarbonyl (C=S) groups is 1. The molecule has 7 heteroatoms. The minimum absolute atomic E-state index is 0.0585. The van der Waals surface area contributed by atoms with E-state index in [0.29, 0.717) is 10.1 Å². The third kappa shape index (κ3) is 2.66. The Labute approximate surface area is 109 Å². The number of halogens is 1. The van der Waals surface area contributed by atoms with Gasteiger partial charge in [-0.05, 0) is 22.0 Å². The van der Waals surface area contributed by atoms with Crippen molar-refractivity contribution in [3.05, 3.63) is 20.8 Å². The third-order valence-electron chi connectivity index (χ3n) is 1.62. The molecule has 0 atom stereocenters. The highest BCUT2D eigenvalue weighted by atomic mass is 79.9. The van der Waals surface area contributed by atoms with Crippen LogP contribution in [0.4, 0.5) is 0 Å². The predicted octanol–water partition coefficient (Wildman–Crippen LogP) is 2.70. The van der Waals surface area contributed by atoms with Crippen LogP contribution < -0.4 is 0 Å². The number of thiophene rings is 1. The van der Waals surface area contributed by atoms with Crippen LogP contribution >= 0.6 is 51.2 Å². The van der Waals surface area contributed by atoms with E-state index in [1.165, 1.54) is 16.8 Å². The smallest absolute Gasteiger partial charge is 0.259 e. The number of hydrazone groups is 1. The number of amides is 1. The van der Waals surface area contributed by atoms with Gasteiger partial charge in [0.15, 0.2) is 4.32 Å². The molecule has 1 saturated heterocycles. The second kappa shape index (κ2) is 4.73. The van der Waals surface area contributed by atoms with E-state index in [4.69, 9.17) is 12.2 Å². The van der Waals surface area contributed by atoms with Gasteiger partial charge in [-0.15, -0.1) is 11.3 Å². The van der Waals surface area contributed by atoms with Crippen LogP contribution in [0.15, 0.2) is 21.0 Å². The highest BCUT2D eigenvalue weighted by molar-refractivity contribution is 9.10. The summed E-state index contributed by atoms with van der Waals surface area (Å²) in [4.78, 5) is 12.3. The van der Waals surface area contributed by atoms with Crippen molar-refractivity contribution in [1.82, 2.24) is 5.01 Å². The van der Waals surface area contributed by atoms with Gasteiger partial charge in [0.05, 0.1) is 12.0 Å². The summed E-state index contributed by atoms with van der Waals surface area (Å²) in [7, 11) is 0. The second-order valence-corrected chi connectivity index (χ2v) is 6.14. The van der Waals surface area contributed by atoms with Crippen LogP contribution in [0.3, 0.4) is 0 Å². The van der Waals surface area contributed by atoms with Crippen LogP contribution in [0.25, 0.3) is 0 Å². The topological polar surface area (TPSA) is 32.7 Å². The molecule has 0 N–H and O–H groups in total. The molecule has 0 aromatic carbocycles. The Bertz CT molecular complexity index is 427. The summed E-state index contributed by atoms with van der Waals surface area (Å²) in [6.45, 7) is 0. The molecule has 1 aromatic rings. The highest BCUT2D eigenvalue weighted by Gasteiger charge is 2.25. The lowest BCUT2D eigenvalue weighted by Gasteiger charge is -2.05. The number of nitrogens with zero attached hydrogens (tertiary/aromatic N) is 2. The molecule has 1 aromatic heterocycles. The zero-order chi connectivity index (χ0) is 10.8. The number of hydrogen-bond acceptors (Lipinski definition) is 5. The molecule has 0 unspecified atom stereocenters. The number of carbonyl (C=O) groups excluding carboxylic acids is 1. The average molecular weight is 321 g/mol. The molecule has 0 spiro atoms. The normalized spacial score (nSPS) is 17.0. The maximum Gasteiger partial charge on any atom is 0.259 e. The molecule has 1 fully saturated rings. The van der Waals surface area contributed by atoms with E-state index in [0.717, 1.165) is 9.35 Å². The molecule has 3 nitrogen and oxygen atoms in total. The zero-order valence-electron chi connectivity index (χ0n) is 7.34. The van der Waals surface area contributed by atoms with Gasteiger partial charge in [-0.2, -0.15) is 10.1 Å². The Morgan fingerprint density at radius 2 is 2.47 bits per heavy atom. The van der Waals surface area contributed by atoms with Crippen molar-refractivity contribution in [3.8, 4) is 0 Å².